The van der Waals surface area contributed by atoms with Crippen molar-refractivity contribution in [2.24, 2.45) is 0 Å². The lowest BCUT2D eigenvalue weighted by atomic mass is 10.2. The van der Waals surface area contributed by atoms with Gasteiger partial charge in [0, 0.05) is 19.4 Å². The average Bonchev–Trinajstić information content (AvgIpc) is 2.95. The maximum Gasteiger partial charge on any atom is 0.305 e. The molecule has 1 unspecified atom stereocenters. The Labute approximate surface area is 138 Å². The molecule has 1 aromatic heterocycles. The maximum atomic E-state index is 11.9. The van der Waals surface area contributed by atoms with Crippen LogP contribution in [0.5, 0.6) is 0 Å². The number of halogens is 1. The van der Waals surface area contributed by atoms with E-state index >= 15 is 0 Å². The van der Waals surface area contributed by atoms with Crippen LogP contribution in [0.2, 0.25) is 0 Å². The number of anilines is 1. The number of carbonyl (C=O) groups is 2. The van der Waals surface area contributed by atoms with Crippen LogP contribution in [-0.2, 0) is 25.5 Å². The van der Waals surface area contributed by atoms with Gasteiger partial charge in [0.15, 0.2) is 0 Å². The number of aromatic nitrogens is 2. The number of esters is 1. The third-order valence-electron chi connectivity index (χ3n) is 2.93. The summed E-state index contributed by atoms with van der Waals surface area (Å²) in [6, 6.07) is -0.356. The van der Waals surface area contributed by atoms with Gasteiger partial charge in [0.25, 0.3) is 0 Å². The molecule has 2 N–H and O–H groups in total. The van der Waals surface area contributed by atoms with Crippen LogP contribution in [0.3, 0.4) is 0 Å². The number of nitrogens with zero attached hydrogens (tertiary/aromatic N) is 2. The smallest absolute Gasteiger partial charge is 0.305 e. The molecule has 1 aromatic rings. The van der Waals surface area contributed by atoms with E-state index in [4.69, 9.17) is 4.74 Å². The third kappa shape index (κ3) is 5.84. The fraction of sp³-hybridized carbons (Fsp3) is 0.667. The summed E-state index contributed by atoms with van der Waals surface area (Å²) in [6.45, 7) is 1.64. The Morgan fingerprint density at radius 1 is 1.50 bits per heavy atom. The number of aryl methyl sites for hydroxylation is 1. The van der Waals surface area contributed by atoms with Crippen molar-refractivity contribution in [3.63, 3.8) is 0 Å². The monoisotopic (exact) mass is 350 g/mol. The molecule has 0 spiro atoms. The molecule has 22 heavy (non-hydrogen) atoms. The highest BCUT2D eigenvalue weighted by atomic mass is 35.5. The van der Waals surface area contributed by atoms with E-state index in [2.05, 4.69) is 25.6 Å². The number of methoxy groups -OCH3 is 1. The first kappa shape index (κ1) is 18.8. The Morgan fingerprint density at radius 3 is 3.00 bits per heavy atom. The van der Waals surface area contributed by atoms with Crippen LogP contribution in [0.25, 0.3) is 0 Å². The van der Waals surface area contributed by atoms with Crippen LogP contribution in [0.15, 0.2) is 0 Å². The predicted octanol–water partition coefficient (Wildman–Crippen LogP) is 0.382. The quantitative estimate of drug-likeness (QED) is 0.715. The average molecular weight is 351 g/mol. The number of hydrogen-bond acceptors (Lipinski definition) is 8. The largest absolute Gasteiger partial charge is 0.469 e. The van der Waals surface area contributed by atoms with Gasteiger partial charge >= 0.3 is 5.97 Å². The minimum Gasteiger partial charge on any atom is -0.469 e. The van der Waals surface area contributed by atoms with Gasteiger partial charge in [-0.05, 0) is 6.42 Å². The summed E-state index contributed by atoms with van der Waals surface area (Å²) >= 11 is 1.31. The van der Waals surface area contributed by atoms with Gasteiger partial charge in [-0.2, -0.15) is 0 Å². The highest BCUT2D eigenvalue weighted by Gasteiger charge is 2.22. The molecule has 1 saturated heterocycles. The number of nitrogens with one attached hydrogen (secondary N) is 2. The third-order valence-corrected chi connectivity index (χ3v) is 3.83. The number of ether oxygens (including phenoxy) is 2. The van der Waals surface area contributed by atoms with Crippen LogP contribution in [0, 0.1) is 0 Å². The zero-order valence-electron chi connectivity index (χ0n) is 12.2. The molecule has 2 heterocycles. The molecule has 0 saturated carbocycles. The van der Waals surface area contributed by atoms with Crippen LogP contribution < -0.4 is 10.6 Å². The van der Waals surface area contributed by atoms with Crippen molar-refractivity contribution in [3.05, 3.63) is 5.01 Å². The molecule has 1 atom stereocenters. The Bertz CT molecular complexity index is 493. The van der Waals surface area contributed by atoms with E-state index in [1.165, 1.54) is 18.4 Å². The molecule has 0 aromatic carbocycles. The Kier molecular flexibility index (Phi) is 8.25. The number of amides is 1. The minimum absolute atomic E-state index is 0. The Balaban J connectivity index is 0.00000242. The Morgan fingerprint density at radius 2 is 2.32 bits per heavy atom. The summed E-state index contributed by atoms with van der Waals surface area (Å²) in [7, 11) is 1.37. The van der Waals surface area contributed by atoms with Gasteiger partial charge in [0.05, 0.1) is 20.3 Å². The van der Waals surface area contributed by atoms with E-state index in [1.54, 1.807) is 0 Å². The normalized spacial score (nSPS) is 17.4. The topological polar surface area (TPSA) is 102 Å². The molecule has 2 rings (SSSR count). The van der Waals surface area contributed by atoms with Crippen molar-refractivity contribution in [2.45, 2.75) is 25.3 Å². The van der Waals surface area contributed by atoms with Crippen molar-refractivity contribution in [1.29, 1.82) is 0 Å². The lowest BCUT2D eigenvalue weighted by Gasteiger charge is -2.22. The molecule has 1 aliphatic rings. The molecule has 124 valence electrons. The molecule has 1 fully saturated rings. The maximum absolute atomic E-state index is 11.9. The fourth-order valence-corrected chi connectivity index (χ4v) is 2.60. The van der Waals surface area contributed by atoms with Crippen LogP contribution in [0.4, 0.5) is 5.13 Å². The first-order chi connectivity index (χ1) is 10.2. The van der Waals surface area contributed by atoms with E-state index in [-0.39, 0.29) is 30.3 Å². The number of morpholine rings is 1. The zero-order chi connectivity index (χ0) is 15.1. The van der Waals surface area contributed by atoms with Crippen LogP contribution >= 0.6 is 23.7 Å². The molecule has 8 nitrogen and oxygen atoms in total. The molecule has 1 aliphatic heterocycles. The van der Waals surface area contributed by atoms with Crippen molar-refractivity contribution >= 4 is 40.8 Å². The summed E-state index contributed by atoms with van der Waals surface area (Å²) in [5.41, 5.74) is 0. The summed E-state index contributed by atoms with van der Waals surface area (Å²) < 4.78 is 9.80. The zero-order valence-corrected chi connectivity index (χ0v) is 13.8. The van der Waals surface area contributed by atoms with Gasteiger partial charge in [0.1, 0.15) is 11.0 Å². The first-order valence-electron chi connectivity index (χ1n) is 6.70. The molecule has 0 radical (unpaired) electrons. The number of carbonyl (C=O) groups excluding carboxylic acids is 2. The predicted molar refractivity (Wildman–Crippen MR) is 83.4 cm³/mol. The van der Waals surface area contributed by atoms with Gasteiger partial charge in [-0.3, -0.25) is 14.9 Å². The van der Waals surface area contributed by atoms with Crippen molar-refractivity contribution in [3.8, 4) is 0 Å². The summed E-state index contributed by atoms with van der Waals surface area (Å²) in [5.74, 6) is -0.414. The van der Waals surface area contributed by atoms with Gasteiger partial charge in [-0.15, -0.1) is 22.6 Å². The summed E-state index contributed by atoms with van der Waals surface area (Å²) in [4.78, 5) is 22.9. The standard InChI is InChI=1S/C12H18N4O4S.ClH/c1-19-10(17)4-2-3-9-15-16-12(21-9)14-11(18)8-7-20-6-5-13-8;/h8,13H,2-7H2,1H3,(H,14,16,18);1H. The summed E-state index contributed by atoms with van der Waals surface area (Å²) in [6.07, 6.45) is 1.63. The van der Waals surface area contributed by atoms with E-state index in [0.29, 0.717) is 44.2 Å². The van der Waals surface area contributed by atoms with E-state index in [1.807, 2.05) is 0 Å². The highest BCUT2D eigenvalue weighted by molar-refractivity contribution is 7.15. The second-order valence-electron chi connectivity index (χ2n) is 4.50. The lowest BCUT2D eigenvalue weighted by molar-refractivity contribution is -0.140. The SMILES string of the molecule is COC(=O)CCCc1nnc(NC(=O)C2COCCN2)s1.Cl. The van der Waals surface area contributed by atoms with Gasteiger partial charge in [-0.25, -0.2) is 0 Å². The second-order valence-corrected chi connectivity index (χ2v) is 5.56. The van der Waals surface area contributed by atoms with Gasteiger partial charge in [0.2, 0.25) is 11.0 Å². The van der Waals surface area contributed by atoms with Crippen LogP contribution in [-0.4, -0.2) is 55.0 Å². The van der Waals surface area contributed by atoms with Crippen LogP contribution in [0.1, 0.15) is 17.8 Å². The number of rotatable bonds is 6. The molecule has 0 bridgehead atoms. The van der Waals surface area contributed by atoms with E-state index in [9.17, 15) is 9.59 Å². The highest BCUT2D eigenvalue weighted by Crippen LogP contribution is 2.17. The first-order valence-corrected chi connectivity index (χ1v) is 7.52. The van der Waals surface area contributed by atoms with Gasteiger partial charge < -0.3 is 14.8 Å². The Hall–Kier alpha value is -1.29. The van der Waals surface area contributed by atoms with E-state index in [0.717, 1.165) is 5.01 Å². The van der Waals surface area contributed by atoms with Crippen molar-refractivity contribution < 1.29 is 19.1 Å². The molecular weight excluding hydrogens is 332 g/mol. The molecule has 0 aliphatic carbocycles. The lowest BCUT2D eigenvalue weighted by Crippen LogP contribution is -2.48. The second kappa shape index (κ2) is 9.67. The molecular formula is C12H19ClN4O4S. The van der Waals surface area contributed by atoms with Crippen molar-refractivity contribution in [1.82, 2.24) is 15.5 Å². The molecule has 10 heteroatoms. The number of hydrogen-bond donors (Lipinski definition) is 2. The minimum atomic E-state index is -0.356. The summed E-state index contributed by atoms with van der Waals surface area (Å²) in [5, 5.41) is 14.9. The van der Waals surface area contributed by atoms with Crippen molar-refractivity contribution in [2.75, 3.05) is 32.2 Å². The molecule has 1 amide bonds. The van der Waals surface area contributed by atoms with Gasteiger partial charge in [-0.1, -0.05) is 11.3 Å². The fourth-order valence-electron chi connectivity index (χ4n) is 1.82. The van der Waals surface area contributed by atoms with E-state index < -0.39 is 0 Å².